The van der Waals surface area contributed by atoms with E-state index in [2.05, 4.69) is 5.32 Å². The lowest BCUT2D eigenvalue weighted by molar-refractivity contribution is 0.0731. The molecule has 0 spiro atoms. The summed E-state index contributed by atoms with van der Waals surface area (Å²) in [5.74, 6) is 1.34. The second-order valence-electron chi connectivity index (χ2n) is 4.75. The molecule has 0 atom stereocenters. The van der Waals surface area contributed by atoms with E-state index in [9.17, 15) is 4.79 Å². The molecular formula is C15H22N2O3. The smallest absolute Gasteiger partial charge is 0.257 e. The molecule has 1 aliphatic rings. The molecule has 1 saturated heterocycles. The van der Waals surface area contributed by atoms with Crippen LogP contribution in [-0.4, -0.2) is 50.7 Å². The van der Waals surface area contributed by atoms with Gasteiger partial charge in [0, 0.05) is 32.2 Å². The topological polar surface area (TPSA) is 50.8 Å². The van der Waals surface area contributed by atoms with E-state index in [1.807, 2.05) is 11.8 Å². The summed E-state index contributed by atoms with van der Waals surface area (Å²) in [6, 6.07) is 5.37. The van der Waals surface area contributed by atoms with E-state index in [4.69, 9.17) is 9.47 Å². The third kappa shape index (κ3) is 3.42. The van der Waals surface area contributed by atoms with Gasteiger partial charge in [-0.2, -0.15) is 0 Å². The Labute approximate surface area is 119 Å². The second kappa shape index (κ2) is 7.14. The van der Waals surface area contributed by atoms with E-state index >= 15 is 0 Å². The van der Waals surface area contributed by atoms with E-state index < -0.39 is 0 Å². The van der Waals surface area contributed by atoms with Crippen LogP contribution >= 0.6 is 0 Å². The first kappa shape index (κ1) is 14.7. The highest BCUT2D eigenvalue weighted by molar-refractivity contribution is 5.97. The first-order valence-corrected chi connectivity index (χ1v) is 7.07. The second-order valence-corrected chi connectivity index (χ2v) is 4.75. The molecule has 110 valence electrons. The molecule has 1 aliphatic heterocycles. The van der Waals surface area contributed by atoms with Crippen LogP contribution in [0.5, 0.6) is 11.5 Å². The van der Waals surface area contributed by atoms with Crippen molar-refractivity contribution in [3.8, 4) is 11.5 Å². The van der Waals surface area contributed by atoms with Crippen LogP contribution in [0.25, 0.3) is 0 Å². The number of benzene rings is 1. The third-order valence-electron chi connectivity index (χ3n) is 3.29. The number of methoxy groups -OCH3 is 1. The molecule has 1 heterocycles. The van der Waals surface area contributed by atoms with Crippen molar-refractivity contribution >= 4 is 5.91 Å². The number of amides is 1. The summed E-state index contributed by atoms with van der Waals surface area (Å²) in [5, 5.41) is 3.24. The van der Waals surface area contributed by atoms with Crippen molar-refractivity contribution in [2.45, 2.75) is 13.3 Å². The van der Waals surface area contributed by atoms with Gasteiger partial charge in [0.05, 0.1) is 19.3 Å². The zero-order valence-corrected chi connectivity index (χ0v) is 12.1. The standard InChI is InChI=1S/C15H22N2O3/c1-3-10-20-14-11-12(19-2)4-5-13(14)15(18)17-8-6-16-7-9-17/h4-5,11,16H,3,6-10H2,1-2H3. The molecule has 1 amide bonds. The summed E-state index contributed by atoms with van der Waals surface area (Å²) in [4.78, 5) is 14.4. The number of nitrogens with zero attached hydrogens (tertiary/aromatic N) is 1. The Kier molecular flexibility index (Phi) is 5.24. The molecule has 0 bridgehead atoms. The highest BCUT2D eigenvalue weighted by Crippen LogP contribution is 2.26. The van der Waals surface area contributed by atoms with E-state index in [0.29, 0.717) is 23.7 Å². The van der Waals surface area contributed by atoms with Crippen LogP contribution in [0.2, 0.25) is 0 Å². The number of carbonyl (C=O) groups excluding carboxylic acids is 1. The molecule has 2 rings (SSSR count). The van der Waals surface area contributed by atoms with Crippen LogP contribution in [0.1, 0.15) is 23.7 Å². The molecular weight excluding hydrogens is 256 g/mol. The first-order chi connectivity index (χ1) is 9.76. The van der Waals surface area contributed by atoms with Crippen molar-refractivity contribution in [3.05, 3.63) is 23.8 Å². The Bertz CT molecular complexity index is 456. The Hall–Kier alpha value is -1.75. The maximum atomic E-state index is 12.6. The average Bonchev–Trinajstić information content (AvgIpc) is 2.52. The van der Waals surface area contributed by atoms with Crippen LogP contribution in [-0.2, 0) is 0 Å². The minimum absolute atomic E-state index is 0.0280. The van der Waals surface area contributed by atoms with E-state index in [1.54, 1.807) is 25.3 Å². The van der Waals surface area contributed by atoms with Gasteiger partial charge in [0.1, 0.15) is 11.5 Å². The van der Waals surface area contributed by atoms with Crippen LogP contribution in [0.3, 0.4) is 0 Å². The van der Waals surface area contributed by atoms with Gasteiger partial charge in [-0.1, -0.05) is 6.92 Å². The molecule has 1 aromatic carbocycles. The molecule has 20 heavy (non-hydrogen) atoms. The molecule has 1 N–H and O–H groups in total. The van der Waals surface area contributed by atoms with Crippen molar-refractivity contribution in [1.29, 1.82) is 0 Å². The molecule has 1 aromatic rings. The first-order valence-electron chi connectivity index (χ1n) is 7.07. The molecule has 0 radical (unpaired) electrons. The molecule has 5 nitrogen and oxygen atoms in total. The zero-order valence-electron chi connectivity index (χ0n) is 12.1. The predicted octanol–water partition coefficient (Wildman–Crippen LogP) is 1.53. The average molecular weight is 278 g/mol. The number of ether oxygens (including phenoxy) is 2. The summed E-state index contributed by atoms with van der Waals surface area (Å²) in [6.07, 6.45) is 0.901. The highest BCUT2D eigenvalue weighted by atomic mass is 16.5. The molecule has 0 aliphatic carbocycles. The highest BCUT2D eigenvalue weighted by Gasteiger charge is 2.21. The molecule has 0 unspecified atom stereocenters. The summed E-state index contributed by atoms with van der Waals surface area (Å²) >= 11 is 0. The number of hydrogen-bond donors (Lipinski definition) is 1. The van der Waals surface area contributed by atoms with Gasteiger partial charge in [-0.15, -0.1) is 0 Å². The maximum Gasteiger partial charge on any atom is 0.257 e. The lowest BCUT2D eigenvalue weighted by atomic mass is 10.1. The maximum absolute atomic E-state index is 12.6. The van der Waals surface area contributed by atoms with E-state index in [1.165, 1.54) is 0 Å². The van der Waals surface area contributed by atoms with Gasteiger partial charge in [0.25, 0.3) is 5.91 Å². The Morgan fingerprint density at radius 2 is 2.10 bits per heavy atom. The largest absolute Gasteiger partial charge is 0.497 e. The quantitative estimate of drug-likeness (QED) is 0.887. The van der Waals surface area contributed by atoms with Crippen LogP contribution in [0, 0.1) is 0 Å². The van der Waals surface area contributed by atoms with Gasteiger partial charge in [-0.05, 0) is 18.6 Å². The molecule has 0 aromatic heterocycles. The number of carbonyl (C=O) groups is 1. The molecule has 1 fully saturated rings. The summed E-state index contributed by atoms with van der Waals surface area (Å²) in [5.41, 5.74) is 0.612. The number of nitrogens with one attached hydrogen (secondary N) is 1. The van der Waals surface area contributed by atoms with Gasteiger partial charge < -0.3 is 19.7 Å². The Balaban J connectivity index is 2.21. The van der Waals surface area contributed by atoms with E-state index in [-0.39, 0.29) is 5.91 Å². The number of hydrogen-bond acceptors (Lipinski definition) is 4. The Morgan fingerprint density at radius 3 is 2.75 bits per heavy atom. The monoisotopic (exact) mass is 278 g/mol. The lowest BCUT2D eigenvalue weighted by Crippen LogP contribution is -2.46. The fourth-order valence-electron chi connectivity index (χ4n) is 2.18. The third-order valence-corrected chi connectivity index (χ3v) is 3.29. The van der Waals surface area contributed by atoms with E-state index in [0.717, 1.165) is 32.6 Å². The fourth-order valence-corrected chi connectivity index (χ4v) is 2.18. The van der Waals surface area contributed by atoms with Crippen molar-refractivity contribution < 1.29 is 14.3 Å². The van der Waals surface area contributed by atoms with Crippen LogP contribution in [0.15, 0.2) is 18.2 Å². The number of rotatable bonds is 5. The van der Waals surface area contributed by atoms with Crippen molar-refractivity contribution in [2.75, 3.05) is 39.9 Å². The van der Waals surface area contributed by atoms with Crippen molar-refractivity contribution in [1.82, 2.24) is 10.2 Å². The van der Waals surface area contributed by atoms with Crippen LogP contribution in [0.4, 0.5) is 0 Å². The molecule has 5 heteroatoms. The predicted molar refractivity (Wildman–Crippen MR) is 77.6 cm³/mol. The fraction of sp³-hybridized carbons (Fsp3) is 0.533. The van der Waals surface area contributed by atoms with Crippen molar-refractivity contribution in [3.63, 3.8) is 0 Å². The molecule has 0 saturated carbocycles. The number of piperazine rings is 1. The minimum Gasteiger partial charge on any atom is -0.497 e. The van der Waals surface area contributed by atoms with Gasteiger partial charge in [0.2, 0.25) is 0 Å². The van der Waals surface area contributed by atoms with Crippen LogP contribution < -0.4 is 14.8 Å². The summed E-state index contributed by atoms with van der Waals surface area (Å²) in [7, 11) is 1.61. The van der Waals surface area contributed by atoms with Gasteiger partial charge in [0.15, 0.2) is 0 Å². The van der Waals surface area contributed by atoms with Crippen molar-refractivity contribution in [2.24, 2.45) is 0 Å². The Morgan fingerprint density at radius 1 is 1.35 bits per heavy atom. The van der Waals surface area contributed by atoms with Gasteiger partial charge in [-0.25, -0.2) is 0 Å². The zero-order chi connectivity index (χ0) is 14.4. The normalized spacial score (nSPS) is 15.0. The SMILES string of the molecule is CCCOc1cc(OC)ccc1C(=O)N1CCNCC1. The lowest BCUT2D eigenvalue weighted by Gasteiger charge is -2.28. The van der Waals surface area contributed by atoms with Gasteiger partial charge in [-0.3, -0.25) is 4.79 Å². The summed E-state index contributed by atoms with van der Waals surface area (Å²) in [6.45, 7) is 5.78. The minimum atomic E-state index is 0.0280. The van der Waals surface area contributed by atoms with Gasteiger partial charge >= 0.3 is 0 Å². The summed E-state index contributed by atoms with van der Waals surface area (Å²) < 4.78 is 10.9.